The number of aliphatic carboxylic acids is 1. The monoisotopic (exact) mass is 566 g/mol. The fourth-order valence-electron chi connectivity index (χ4n) is 5.50. The molecule has 1 saturated carbocycles. The van der Waals surface area contributed by atoms with Crippen LogP contribution < -0.4 is 15.6 Å². The number of fused-ring (bicyclic) bond motifs is 3. The SMILES string of the molecule is O=C(NC(Cc1ccccc1)C(=O)O)c1cc(-c2ccccc2)c(=O)n2c1sc1ccc(OC3CCCCC3)cc12. The molecule has 1 aliphatic carbocycles. The largest absolute Gasteiger partial charge is 0.490 e. The second kappa shape index (κ2) is 11.6. The lowest BCUT2D eigenvalue weighted by Gasteiger charge is -2.23. The number of carboxylic acids is 1. The number of amides is 1. The highest BCUT2D eigenvalue weighted by Gasteiger charge is 2.25. The van der Waals surface area contributed by atoms with E-state index in [9.17, 15) is 19.5 Å². The minimum Gasteiger partial charge on any atom is -0.490 e. The third-order valence-corrected chi connectivity index (χ3v) is 8.77. The minimum atomic E-state index is -1.14. The number of hydrogen-bond donors (Lipinski definition) is 2. The first-order chi connectivity index (χ1) is 20.0. The summed E-state index contributed by atoms with van der Waals surface area (Å²) in [7, 11) is 0. The van der Waals surface area contributed by atoms with Gasteiger partial charge in [-0.1, -0.05) is 67.1 Å². The highest BCUT2D eigenvalue weighted by atomic mass is 32.1. The molecular weight excluding hydrogens is 536 g/mol. The molecule has 0 spiro atoms. The van der Waals surface area contributed by atoms with E-state index in [2.05, 4.69) is 5.32 Å². The van der Waals surface area contributed by atoms with Crippen LogP contribution in [0.25, 0.3) is 26.2 Å². The lowest BCUT2D eigenvalue weighted by atomic mass is 9.98. The Labute approximate surface area is 241 Å². The molecule has 1 amide bonds. The summed E-state index contributed by atoms with van der Waals surface area (Å²) in [5, 5.41) is 12.6. The fourth-order valence-corrected chi connectivity index (χ4v) is 6.64. The van der Waals surface area contributed by atoms with Gasteiger partial charge < -0.3 is 15.2 Å². The molecule has 7 nitrogen and oxygen atoms in total. The van der Waals surface area contributed by atoms with Crippen molar-refractivity contribution in [2.75, 3.05) is 0 Å². The van der Waals surface area contributed by atoms with E-state index in [1.54, 1.807) is 10.5 Å². The van der Waals surface area contributed by atoms with Crippen molar-refractivity contribution in [2.45, 2.75) is 50.7 Å². The van der Waals surface area contributed by atoms with E-state index in [-0.39, 0.29) is 23.6 Å². The number of carbonyl (C=O) groups is 2. The molecule has 8 heteroatoms. The number of thiazole rings is 1. The molecule has 0 bridgehead atoms. The van der Waals surface area contributed by atoms with Gasteiger partial charge in [-0.05, 0) is 55.0 Å². The van der Waals surface area contributed by atoms with Gasteiger partial charge in [0.05, 0.1) is 21.9 Å². The van der Waals surface area contributed by atoms with Crippen LogP contribution in [0.3, 0.4) is 0 Å². The van der Waals surface area contributed by atoms with Crippen LogP contribution in [0.5, 0.6) is 5.75 Å². The van der Waals surface area contributed by atoms with Crippen LogP contribution >= 0.6 is 11.3 Å². The van der Waals surface area contributed by atoms with Gasteiger partial charge in [0, 0.05) is 18.1 Å². The molecule has 2 N–H and O–H groups in total. The van der Waals surface area contributed by atoms with E-state index in [1.807, 2.05) is 78.9 Å². The number of hydrogen-bond acceptors (Lipinski definition) is 5. The maximum absolute atomic E-state index is 14.0. The van der Waals surface area contributed by atoms with Gasteiger partial charge >= 0.3 is 5.97 Å². The number of nitrogens with zero attached hydrogens (tertiary/aromatic N) is 1. The molecule has 1 aliphatic rings. The van der Waals surface area contributed by atoms with E-state index in [4.69, 9.17) is 4.74 Å². The quantitative estimate of drug-likeness (QED) is 0.229. The third kappa shape index (κ3) is 5.60. The van der Waals surface area contributed by atoms with Crippen molar-refractivity contribution in [3.63, 3.8) is 0 Å². The second-order valence-corrected chi connectivity index (χ2v) is 11.5. The van der Waals surface area contributed by atoms with E-state index in [1.165, 1.54) is 17.8 Å². The normalized spacial score (nSPS) is 14.6. The number of carbonyl (C=O) groups excluding carboxylic acids is 1. The van der Waals surface area contributed by atoms with E-state index in [0.717, 1.165) is 35.9 Å². The Kier molecular flexibility index (Phi) is 7.57. The lowest BCUT2D eigenvalue weighted by Crippen LogP contribution is -2.42. The number of carboxylic acid groups (broad SMARTS) is 1. The van der Waals surface area contributed by atoms with Gasteiger partial charge in [-0.25, -0.2) is 4.79 Å². The molecular formula is C33H30N2O5S. The molecule has 3 aromatic carbocycles. The average Bonchev–Trinajstić information content (AvgIpc) is 3.38. The maximum Gasteiger partial charge on any atom is 0.326 e. The van der Waals surface area contributed by atoms with Crippen molar-refractivity contribution in [3.8, 4) is 16.9 Å². The molecule has 41 heavy (non-hydrogen) atoms. The maximum atomic E-state index is 14.0. The molecule has 0 saturated heterocycles. The van der Waals surface area contributed by atoms with Crippen LogP contribution in [-0.2, 0) is 11.2 Å². The highest BCUT2D eigenvalue weighted by molar-refractivity contribution is 7.24. The van der Waals surface area contributed by atoms with Gasteiger partial charge in [-0.15, -0.1) is 11.3 Å². The summed E-state index contributed by atoms with van der Waals surface area (Å²) in [4.78, 5) is 40.3. The molecule has 5 aromatic rings. The fraction of sp³-hybridized carbons (Fsp3) is 0.242. The van der Waals surface area contributed by atoms with Crippen LogP contribution in [-0.4, -0.2) is 33.5 Å². The zero-order valence-corrected chi connectivity index (χ0v) is 23.2. The van der Waals surface area contributed by atoms with Crippen LogP contribution in [0.1, 0.15) is 48.0 Å². The number of aromatic nitrogens is 1. The molecule has 1 atom stereocenters. The number of nitrogens with one attached hydrogen (secondary N) is 1. The topological polar surface area (TPSA) is 97.1 Å². The van der Waals surface area contributed by atoms with Gasteiger partial charge in [0.15, 0.2) is 0 Å². The Morgan fingerprint density at radius 3 is 2.37 bits per heavy atom. The van der Waals surface area contributed by atoms with Crippen molar-refractivity contribution in [3.05, 3.63) is 106 Å². The second-order valence-electron chi connectivity index (χ2n) is 10.4. The first kappa shape index (κ1) is 26.8. The zero-order valence-electron chi connectivity index (χ0n) is 22.4. The first-order valence-corrected chi connectivity index (χ1v) is 14.7. The Balaban J connectivity index is 1.45. The summed E-state index contributed by atoms with van der Waals surface area (Å²) in [5.74, 6) is -0.982. The standard InChI is InChI=1S/C33H30N2O5S/c36-30(34-27(33(38)39)18-21-10-4-1-5-11-21)26-20-25(22-12-6-2-7-13-22)31(37)35-28-19-24(16-17-29(28)41-32(26)35)40-23-14-8-3-9-15-23/h1-2,4-7,10-13,16-17,19-20,23,27H,3,8-9,14-15,18H2,(H,34,36)(H,38,39). The predicted octanol–water partition coefficient (Wildman–Crippen LogP) is 6.32. The summed E-state index contributed by atoms with van der Waals surface area (Å²) in [5.41, 5.74) is 2.50. The van der Waals surface area contributed by atoms with Gasteiger partial charge in [0.1, 0.15) is 16.6 Å². The van der Waals surface area contributed by atoms with Crippen LogP contribution in [0, 0.1) is 0 Å². The van der Waals surface area contributed by atoms with Crippen molar-refractivity contribution < 1.29 is 19.4 Å². The molecule has 1 fully saturated rings. The van der Waals surface area contributed by atoms with Gasteiger partial charge in [-0.2, -0.15) is 0 Å². The Hall–Kier alpha value is -4.43. The van der Waals surface area contributed by atoms with Crippen LogP contribution in [0.15, 0.2) is 89.7 Å². The van der Waals surface area contributed by atoms with E-state index in [0.29, 0.717) is 27.2 Å². The Morgan fingerprint density at radius 2 is 1.66 bits per heavy atom. The van der Waals surface area contributed by atoms with Crippen molar-refractivity contribution in [1.29, 1.82) is 0 Å². The van der Waals surface area contributed by atoms with Gasteiger partial charge in [0.2, 0.25) is 0 Å². The molecule has 208 valence electrons. The summed E-state index contributed by atoms with van der Waals surface area (Å²) in [6, 6.07) is 24.5. The van der Waals surface area contributed by atoms with Gasteiger partial charge in [-0.3, -0.25) is 14.0 Å². The molecule has 6 rings (SSSR count). The first-order valence-electron chi connectivity index (χ1n) is 13.9. The molecule has 0 aliphatic heterocycles. The summed E-state index contributed by atoms with van der Waals surface area (Å²) in [6.45, 7) is 0. The van der Waals surface area contributed by atoms with Gasteiger partial charge in [0.25, 0.3) is 11.5 Å². The summed E-state index contributed by atoms with van der Waals surface area (Å²) in [6.07, 6.45) is 5.84. The summed E-state index contributed by atoms with van der Waals surface area (Å²) >= 11 is 1.33. The smallest absolute Gasteiger partial charge is 0.326 e. The number of rotatable bonds is 8. The zero-order chi connectivity index (χ0) is 28.3. The number of pyridine rings is 1. The predicted molar refractivity (Wildman–Crippen MR) is 161 cm³/mol. The molecule has 1 unspecified atom stereocenters. The molecule has 2 heterocycles. The van der Waals surface area contributed by atoms with Crippen molar-refractivity contribution >= 4 is 38.3 Å². The number of ether oxygens (including phenoxy) is 1. The molecule has 0 radical (unpaired) electrons. The summed E-state index contributed by atoms with van der Waals surface area (Å²) < 4.78 is 8.69. The van der Waals surface area contributed by atoms with Crippen molar-refractivity contribution in [2.24, 2.45) is 0 Å². The van der Waals surface area contributed by atoms with Crippen molar-refractivity contribution in [1.82, 2.24) is 9.72 Å². The Morgan fingerprint density at radius 1 is 0.951 bits per heavy atom. The number of benzene rings is 3. The Bertz CT molecular complexity index is 1770. The lowest BCUT2D eigenvalue weighted by molar-refractivity contribution is -0.139. The van der Waals surface area contributed by atoms with E-state index >= 15 is 0 Å². The van der Waals surface area contributed by atoms with Crippen LogP contribution in [0.2, 0.25) is 0 Å². The van der Waals surface area contributed by atoms with Crippen LogP contribution in [0.4, 0.5) is 0 Å². The highest BCUT2D eigenvalue weighted by Crippen LogP contribution is 2.33. The molecule has 2 aromatic heterocycles. The van der Waals surface area contributed by atoms with E-state index < -0.39 is 17.9 Å². The minimum absolute atomic E-state index is 0.137. The third-order valence-electron chi connectivity index (χ3n) is 7.60. The average molecular weight is 567 g/mol.